The third-order valence-corrected chi connectivity index (χ3v) is 2.91. The van der Waals surface area contributed by atoms with Crippen molar-refractivity contribution in [1.82, 2.24) is 4.90 Å². The van der Waals surface area contributed by atoms with E-state index in [-0.39, 0.29) is 6.04 Å². The predicted molar refractivity (Wildman–Crippen MR) is 65.5 cm³/mol. The van der Waals surface area contributed by atoms with Gasteiger partial charge in [-0.2, -0.15) is 0 Å². The summed E-state index contributed by atoms with van der Waals surface area (Å²) >= 11 is 0. The molecule has 0 aromatic heterocycles. The van der Waals surface area contributed by atoms with E-state index in [0.717, 1.165) is 39.1 Å². The lowest BCUT2D eigenvalue weighted by molar-refractivity contribution is -0.0693. The molecule has 1 saturated heterocycles. The van der Waals surface area contributed by atoms with Crippen LogP contribution in [0.1, 0.15) is 26.7 Å². The topological polar surface area (TPSA) is 47.7 Å². The minimum absolute atomic E-state index is 0.257. The van der Waals surface area contributed by atoms with E-state index in [4.69, 9.17) is 15.2 Å². The van der Waals surface area contributed by atoms with Gasteiger partial charge in [-0.05, 0) is 26.7 Å². The molecule has 0 aromatic carbocycles. The summed E-state index contributed by atoms with van der Waals surface area (Å²) in [5.74, 6) is 0. The average Bonchev–Trinajstić information content (AvgIpc) is 2.16. The summed E-state index contributed by atoms with van der Waals surface area (Å²) < 4.78 is 10.7. The summed E-state index contributed by atoms with van der Waals surface area (Å²) in [5, 5.41) is 0. The van der Waals surface area contributed by atoms with Gasteiger partial charge in [-0.15, -0.1) is 0 Å². The molecule has 0 radical (unpaired) electrons. The van der Waals surface area contributed by atoms with Crippen molar-refractivity contribution in [3.63, 3.8) is 0 Å². The van der Waals surface area contributed by atoms with E-state index in [0.29, 0.717) is 12.2 Å². The van der Waals surface area contributed by atoms with Crippen LogP contribution in [0.2, 0.25) is 0 Å². The molecule has 0 spiro atoms. The number of rotatable bonds is 6. The van der Waals surface area contributed by atoms with E-state index in [2.05, 4.69) is 18.7 Å². The normalized spacial score (nSPS) is 29.2. The Labute approximate surface area is 99.1 Å². The Balaban J connectivity index is 2.19. The van der Waals surface area contributed by atoms with Gasteiger partial charge in [0.1, 0.15) is 0 Å². The molecule has 1 unspecified atom stereocenters. The first-order chi connectivity index (χ1) is 7.61. The second-order valence-corrected chi connectivity index (χ2v) is 4.87. The highest BCUT2D eigenvalue weighted by Gasteiger charge is 2.23. The van der Waals surface area contributed by atoms with Gasteiger partial charge >= 0.3 is 0 Å². The standard InChI is InChI=1S/C12H26N2O2/c1-10-7-14(8-11(2)16-10)9-12(13)5-4-6-15-3/h10-12H,4-9,13H2,1-3H3/t10-,11+,12?. The second-order valence-electron chi connectivity index (χ2n) is 4.87. The maximum Gasteiger partial charge on any atom is 0.0678 e. The first kappa shape index (κ1) is 13.9. The van der Waals surface area contributed by atoms with E-state index in [9.17, 15) is 0 Å². The van der Waals surface area contributed by atoms with Crippen molar-refractivity contribution in [2.75, 3.05) is 33.4 Å². The van der Waals surface area contributed by atoms with Crippen LogP contribution < -0.4 is 5.73 Å². The van der Waals surface area contributed by atoms with Crippen molar-refractivity contribution < 1.29 is 9.47 Å². The van der Waals surface area contributed by atoms with Crippen molar-refractivity contribution in [3.05, 3.63) is 0 Å². The van der Waals surface area contributed by atoms with Gasteiger partial charge in [-0.25, -0.2) is 0 Å². The number of methoxy groups -OCH3 is 1. The van der Waals surface area contributed by atoms with Crippen molar-refractivity contribution >= 4 is 0 Å². The maximum atomic E-state index is 6.10. The molecule has 0 aromatic rings. The van der Waals surface area contributed by atoms with Crippen LogP contribution in [0.25, 0.3) is 0 Å². The summed E-state index contributed by atoms with van der Waals surface area (Å²) in [4.78, 5) is 2.41. The van der Waals surface area contributed by atoms with Gasteiger partial charge in [-0.1, -0.05) is 0 Å². The summed E-state index contributed by atoms with van der Waals surface area (Å²) in [6, 6.07) is 0.257. The summed E-state index contributed by atoms with van der Waals surface area (Å²) in [6.07, 6.45) is 2.74. The van der Waals surface area contributed by atoms with Crippen molar-refractivity contribution in [1.29, 1.82) is 0 Å². The Morgan fingerprint density at radius 3 is 2.56 bits per heavy atom. The third kappa shape index (κ3) is 5.25. The van der Waals surface area contributed by atoms with Crippen LogP contribution in [-0.4, -0.2) is 56.5 Å². The molecule has 4 heteroatoms. The van der Waals surface area contributed by atoms with Gasteiger partial charge < -0.3 is 15.2 Å². The van der Waals surface area contributed by atoms with Gasteiger partial charge in [0, 0.05) is 39.4 Å². The molecular weight excluding hydrogens is 204 g/mol. The smallest absolute Gasteiger partial charge is 0.0678 e. The van der Waals surface area contributed by atoms with Gasteiger partial charge in [0.2, 0.25) is 0 Å². The zero-order valence-corrected chi connectivity index (χ0v) is 10.8. The van der Waals surface area contributed by atoms with E-state index in [1.165, 1.54) is 0 Å². The number of hydrogen-bond donors (Lipinski definition) is 1. The molecule has 1 aliphatic heterocycles. The third-order valence-electron chi connectivity index (χ3n) is 2.91. The highest BCUT2D eigenvalue weighted by molar-refractivity contribution is 4.76. The zero-order valence-electron chi connectivity index (χ0n) is 10.8. The lowest BCUT2D eigenvalue weighted by atomic mass is 10.1. The SMILES string of the molecule is COCCCC(N)CN1C[C@@H](C)O[C@@H](C)C1. The highest BCUT2D eigenvalue weighted by atomic mass is 16.5. The van der Waals surface area contributed by atoms with Crippen LogP contribution in [0.4, 0.5) is 0 Å². The zero-order chi connectivity index (χ0) is 12.0. The average molecular weight is 230 g/mol. The van der Waals surface area contributed by atoms with Crippen molar-refractivity contribution in [2.45, 2.75) is 44.9 Å². The number of morpholine rings is 1. The lowest BCUT2D eigenvalue weighted by Crippen LogP contribution is -2.49. The summed E-state index contributed by atoms with van der Waals surface area (Å²) in [7, 11) is 1.73. The van der Waals surface area contributed by atoms with Gasteiger partial charge in [-0.3, -0.25) is 4.90 Å². The first-order valence-electron chi connectivity index (χ1n) is 6.24. The van der Waals surface area contributed by atoms with Crippen molar-refractivity contribution in [3.8, 4) is 0 Å². The van der Waals surface area contributed by atoms with E-state index in [1.54, 1.807) is 7.11 Å². The van der Waals surface area contributed by atoms with E-state index in [1.807, 2.05) is 0 Å². The summed E-state index contributed by atoms with van der Waals surface area (Å²) in [5.41, 5.74) is 6.10. The molecular formula is C12H26N2O2. The Morgan fingerprint density at radius 1 is 1.38 bits per heavy atom. The number of hydrogen-bond acceptors (Lipinski definition) is 4. The first-order valence-corrected chi connectivity index (χ1v) is 6.24. The number of nitrogens with zero attached hydrogens (tertiary/aromatic N) is 1. The fraction of sp³-hybridized carbons (Fsp3) is 1.00. The van der Waals surface area contributed by atoms with Crippen LogP contribution in [0, 0.1) is 0 Å². The predicted octanol–water partition coefficient (Wildman–Crippen LogP) is 0.850. The molecule has 1 heterocycles. The lowest BCUT2D eigenvalue weighted by Gasteiger charge is -2.36. The maximum absolute atomic E-state index is 6.10. The number of nitrogens with two attached hydrogens (primary N) is 1. The Kier molecular flexibility index (Phi) is 6.28. The van der Waals surface area contributed by atoms with E-state index < -0.39 is 0 Å². The van der Waals surface area contributed by atoms with Crippen LogP contribution in [0.3, 0.4) is 0 Å². The molecule has 1 rings (SSSR count). The van der Waals surface area contributed by atoms with Crippen LogP contribution in [-0.2, 0) is 9.47 Å². The summed E-state index contributed by atoms with van der Waals surface area (Å²) in [6.45, 7) is 8.04. The molecule has 0 aliphatic carbocycles. The Morgan fingerprint density at radius 2 is 2.00 bits per heavy atom. The van der Waals surface area contributed by atoms with Gasteiger partial charge in [0.15, 0.2) is 0 Å². The van der Waals surface area contributed by atoms with Crippen LogP contribution >= 0.6 is 0 Å². The second kappa shape index (κ2) is 7.22. The van der Waals surface area contributed by atoms with E-state index >= 15 is 0 Å². The minimum atomic E-state index is 0.257. The quantitative estimate of drug-likeness (QED) is 0.687. The molecule has 96 valence electrons. The molecule has 2 N–H and O–H groups in total. The highest BCUT2D eigenvalue weighted by Crippen LogP contribution is 2.11. The minimum Gasteiger partial charge on any atom is -0.385 e. The number of ether oxygens (including phenoxy) is 2. The molecule has 1 fully saturated rings. The van der Waals surface area contributed by atoms with Crippen LogP contribution in [0.15, 0.2) is 0 Å². The largest absolute Gasteiger partial charge is 0.385 e. The molecule has 0 bridgehead atoms. The Hall–Kier alpha value is -0.160. The fourth-order valence-corrected chi connectivity index (χ4v) is 2.35. The Bertz CT molecular complexity index is 180. The molecule has 0 saturated carbocycles. The van der Waals surface area contributed by atoms with Crippen LogP contribution in [0.5, 0.6) is 0 Å². The van der Waals surface area contributed by atoms with Gasteiger partial charge in [0.05, 0.1) is 12.2 Å². The fourth-order valence-electron chi connectivity index (χ4n) is 2.35. The van der Waals surface area contributed by atoms with Gasteiger partial charge in [0.25, 0.3) is 0 Å². The molecule has 3 atom stereocenters. The molecule has 4 nitrogen and oxygen atoms in total. The monoisotopic (exact) mass is 230 g/mol. The molecule has 16 heavy (non-hydrogen) atoms. The molecule has 0 amide bonds. The van der Waals surface area contributed by atoms with Crippen molar-refractivity contribution in [2.24, 2.45) is 5.73 Å². The molecule has 1 aliphatic rings.